The summed E-state index contributed by atoms with van der Waals surface area (Å²) in [5, 5.41) is 10.1. The smallest absolute Gasteiger partial charge is 0.315 e. The SMILES string of the molecule is CCOC(OC)Oc1cccc([C@H]2CCCC[C@@H]2O)c1. The van der Waals surface area contributed by atoms with Crippen molar-refractivity contribution in [2.45, 2.75) is 51.1 Å². The van der Waals surface area contributed by atoms with Gasteiger partial charge >= 0.3 is 6.48 Å². The Labute approximate surface area is 120 Å². The highest BCUT2D eigenvalue weighted by molar-refractivity contribution is 5.31. The molecule has 0 aromatic heterocycles. The van der Waals surface area contributed by atoms with Gasteiger partial charge in [0.2, 0.25) is 0 Å². The van der Waals surface area contributed by atoms with E-state index < -0.39 is 6.48 Å². The second kappa shape index (κ2) is 7.62. The van der Waals surface area contributed by atoms with E-state index in [4.69, 9.17) is 14.2 Å². The first-order valence-corrected chi connectivity index (χ1v) is 7.33. The number of methoxy groups -OCH3 is 1. The summed E-state index contributed by atoms with van der Waals surface area (Å²) in [4.78, 5) is 0. The minimum absolute atomic E-state index is 0.209. The Bertz CT molecular complexity index is 407. The van der Waals surface area contributed by atoms with Gasteiger partial charge in [-0.1, -0.05) is 25.0 Å². The van der Waals surface area contributed by atoms with Crippen LogP contribution < -0.4 is 4.74 Å². The van der Waals surface area contributed by atoms with E-state index in [1.807, 2.05) is 25.1 Å². The molecule has 0 spiro atoms. The summed E-state index contributed by atoms with van der Waals surface area (Å²) in [6.07, 6.45) is 3.96. The summed E-state index contributed by atoms with van der Waals surface area (Å²) in [5.74, 6) is 0.918. The summed E-state index contributed by atoms with van der Waals surface area (Å²) in [7, 11) is 1.55. The van der Waals surface area contributed by atoms with Crippen molar-refractivity contribution in [2.24, 2.45) is 0 Å². The van der Waals surface area contributed by atoms with E-state index in [0.29, 0.717) is 12.4 Å². The zero-order chi connectivity index (χ0) is 14.4. The number of aliphatic hydroxyl groups excluding tert-OH is 1. The highest BCUT2D eigenvalue weighted by atomic mass is 16.8. The van der Waals surface area contributed by atoms with E-state index in [2.05, 4.69) is 6.07 Å². The largest absolute Gasteiger partial charge is 0.441 e. The average molecular weight is 280 g/mol. The third-order valence-electron chi connectivity index (χ3n) is 3.74. The van der Waals surface area contributed by atoms with Crippen LogP contribution in [-0.2, 0) is 9.47 Å². The Morgan fingerprint density at radius 3 is 2.80 bits per heavy atom. The zero-order valence-electron chi connectivity index (χ0n) is 12.2. The summed E-state index contributed by atoms with van der Waals surface area (Å²) in [5.41, 5.74) is 1.13. The molecular weight excluding hydrogens is 256 g/mol. The molecule has 1 aromatic rings. The topological polar surface area (TPSA) is 47.9 Å². The second-order valence-corrected chi connectivity index (χ2v) is 5.13. The highest BCUT2D eigenvalue weighted by Crippen LogP contribution is 2.34. The van der Waals surface area contributed by atoms with Crippen molar-refractivity contribution in [2.75, 3.05) is 13.7 Å². The van der Waals surface area contributed by atoms with Crippen LogP contribution in [-0.4, -0.2) is 31.4 Å². The fourth-order valence-electron chi connectivity index (χ4n) is 2.72. The highest BCUT2D eigenvalue weighted by Gasteiger charge is 2.24. The molecule has 1 unspecified atom stereocenters. The van der Waals surface area contributed by atoms with Crippen LogP contribution in [0.5, 0.6) is 5.75 Å². The first kappa shape index (κ1) is 15.3. The van der Waals surface area contributed by atoms with Gasteiger partial charge in [0.25, 0.3) is 0 Å². The van der Waals surface area contributed by atoms with Gasteiger partial charge in [0.05, 0.1) is 12.7 Å². The average Bonchev–Trinajstić information content (AvgIpc) is 2.47. The van der Waals surface area contributed by atoms with Gasteiger partial charge in [0, 0.05) is 13.0 Å². The van der Waals surface area contributed by atoms with E-state index in [-0.39, 0.29) is 12.0 Å². The van der Waals surface area contributed by atoms with Gasteiger partial charge in [-0.3, -0.25) is 0 Å². The maximum atomic E-state index is 10.1. The molecule has 0 radical (unpaired) electrons. The Balaban J connectivity index is 2.06. The third kappa shape index (κ3) is 3.95. The van der Waals surface area contributed by atoms with Crippen LogP contribution in [0.2, 0.25) is 0 Å². The van der Waals surface area contributed by atoms with Gasteiger partial charge in [0.1, 0.15) is 5.75 Å². The molecule has 1 aromatic carbocycles. The van der Waals surface area contributed by atoms with Crippen LogP contribution in [0.15, 0.2) is 24.3 Å². The molecule has 0 bridgehead atoms. The Kier molecular flexibility index (Phi) is 5.83. The number of ether oxygens (including phenoxy) is 3. The number of benzene rings is 1. The predicted octanol–water partition coefficient (Wildman–Crippen LogP) is 3.05. The van der Waals surface area contributed by atoms with E-state index in [1.165, 1.54) is 6.42 Å². The first-order chi connectivity index (χ1) is 9.74. The second-order valence-electron chi connectivity index (χ2n) is 5.13. The molecule has 0 aliphatic heterocycles. The fraction of sp³-hybridized carbons (Fsp3) is 0.625. The molecule has 3 atom stereocenters. The van der Waals surface area contributed by atoms with Crippen molar-refractivity contribution in [3.63, 3.8) is 0 Å². The molecule has 4 heteroatoms. The zero-order valence-corrected chi connectivity index (χ0v) is 12.2. The maximum Gasteiger partial charge on any atom is 0.315 e. The molecule has 0 heterocycles. The molecule has 20 heavy (non-hydrogen) atoms. The predicted molar refractivity (Wildman–Crippen MR) is 76.7 cm³/mol. The molecule has 2 rings (SSSR count). The molecule has 4 nitrogen and oxygen atoms in total. The quantitative estimate of drug-likeness (QED) is 0.814. The lowest BCUT2D eigenvalue weighted by Gasteiger charge is -2.28. The molecule has 1 aliphatic rings. The lowest BCUT2D eigenvalue weighted by atomic mass is 9.82. The first-order valence-electron chi connectivity index (χ1n) is 7.33. The lowest BCUT2D eigenvalue weighted by molar-refractivity contribution is -0.231. The summed E-state index contributed by atoms with van der Waals surface area (Å²) in [6, 6.07) is 7.85. The number of hydrogen-bond acceptors (Lipinski definition) is 4. The van der Waals surface area contributed by atoms with Crippen molar-refractivity contribution in [3.05, 3.63) is 29.8 Å². The van der Waals surface area contributed by atoms with E-state index in [9.17, 15) is 5.11 Å². The lowest BCUT2D eigenvalue weighted by Crippen LogP contribution is -2.24. The Morgan fingerprint density at radius 2 is 2.10 bits per heavy atom. The van der Waals surface area contributed by atoms with Crippen LogP contribution in [0.1, 0.15) is 44.1 Å². The molecule has 0 amide bonds. The minimum atomic E-state index is -0.688. The van der Waals surface area contributed by atoms with Gasteiger partial charge in [0.15, 0.2) is 0 Å². The van der Waals surface area contributed by atoms with Crippen molar-refractivity contribution in [1.29, 1.82) is 0 Å². The van der Waals surface area contributed by atoms with Crippen LogP contribution in [0, 0.1) is 0 Å². The summed E-state index contributed by atoms with van der Waals surface area (Å²) in [6.45, 7) is 1.73. The van der Waals surface area contributed by atoms with E-state index in [0.717, 1.165) is 24.8 Å². The molecule has 112 valence electrons. The van der Waals surface area contributed by atoms with Crippen LogP contribution >= 0.6 is 0 Å². The van der Waals surface area contributed by atoms with Crippen molar-refractivity contribution >= 4 is 0 Å². The van der Waals surface area contributed by atoms with Gasteiger partial charge in [-0.25, -0.2) is 0 Å². The molecule has 1 fully saturated rings. The molecule has 1 N–H and O–H groups in total. The summed E-state index contributed by atoms with van der Waals surface area (Å²) < 4.78 is 16.1. The Hall–Kier alpha value is -1.10. The number of aliphatic hydroxyl groups is 1. The summed E-state index contributed by atoms with van der Waals surface area (Å²) >= 11 is 0. The van der Waals surface area contributed by atoms with E-state index in [1.54, 1.807) is 7.11 Å². The number of rotatable bonds is 6. The van der Waals surface area contributed by atoms with Gasteiger partial charge in [-0.15, -0.1) is 0 Å². The fourth-order valence-corrected chi connectivity index (χ4v) is 2.72. The maximum absolute atomic E-state index is 10.1. The van der Waals surface area contributed by atoms with Gasteiger partial charge in [-0.2, -0.15) is 0 Å². The molecular formula is C16H24O4. The monoisotopic (exact) mass is 280 g/mol. The Morgan fingerprint density at radius 1 is 1.30 bits per heavy atom. The van der Waals surface area contributed by atoms with Gasteiger partial charge < -0.3 is 19.3 Å². The number of hydrogen-bond donors (Lipinski definition) is 1. The van der Waals surface area contributed by atoms with Crippen molar-refractivity contribution < 1.29 is 19.3 Å². The van der Waals surface area contributed by atoms with E-state index >= 15 is 0 Å². The molecule has 1 aliphatic carbocycles. The minimum Gasteiger partial charge on any atom is -0.441 e. The van der Waals surface area contributed by atoms with Gasteiger partial charge in [-0.05, 0) is 37.5 Å². The van der Waals surface area contributed by atoms with Crippen LogP contribution in [0.3, 0.4) is 0 Å². The standard InChI is InChI=1S/C16H24O4/c1-3-19-16(18-2)20-13-8-6-7-12(11-13)14-9-4-5-10-15(14)17/h6-8,11,14-17H,3-5,9-10H2,1-2H3/t14-,15+,16?/m1/s1. The molecule has 0 saturated heterocycles. The van der Waals surface area contributed by atoms with Crippen LogP contribution in [0.25, 0.3) is 0 Å². The van der Waals surface area contributed by atoms with Crippen molar-refractivity contribution in [3.8, 4) is 5.75 Å². The van der Waals surface area contributed by atoms with Crippen LogP contribution in [0.4, 0.5) is 0 Å². The van der Waals surface area contributed by atoms with Crippen molar-refractivity contribution in [1.82, 2.24) is 0 Å². The third-order valence-corrected chi connectivity index (χ3v) is 3.74. The normalized spacial score (nSPS) is 24.4. The molecule has 1 saturated carbocycles.